The van der Waals surface area contributed by atoms with E-state index >= 15 is 0 Å². The Hall–Kier alpha value is -3.76. The van der Waals surface area contributed by atoms with Gasteiger partial charge in [0, 0.05) is 52.1 Å². The highest BCUT2D eigenvalue weighted by molar-refractivity contribution is 7.44. The quantitative estimate of drug-likeness (QED) is 0.0530. The molecule has 0 radical (unpaired) electrons. The summed E-state index contributed by atoms with van der Waals surface area (Å²) < 4.78 is 20.0. The van der Waals surface area contributed by atoms with Crippen LogP contribution in [0.5, 0.6) is 0 Å². The predicted molar refractivity (Wildman–Crippen MR) is 273 cm³/mol. The number of carbonyl (C=O) groups excluding carboxylic acids is 6. The van der Waals surface area contributed by atoms with Gasteiger partial charge < -0.3 is 38.8 Å². The number of amides is 6. The van der Waals surface area contributed by atoms with Crippen LogP contribution >= 0.6 is 0 Å². The minimum atomic E-state index is -0.528. The fourth-order valence-corrected chi connectivity index (χ4v) is 10.9. The van der Waals surface area contributed by atoms with Crippen molar-refractivity contribution in [3.05, 3.63) is 0 Å². The monoisotopic (exact) mass is 1060 g/mol. The predicted octanol–water partition coefficient (Wildman–Crippen LogP) is 7.92. The first-order valence-corrected chi connectivity index (χ1v) is 27.8. The van der Waals surface area contributed by atoms with E-state index in [-0.39, 0.29) is 47.7 Å². The van der Waals surface area contributed by atoms with Crippen LogP contribution in [0.15, 0.2) is 0 Å². The van der Waals surface area contributed by atoms with Crippen molar-refractivity contribution in [2.24, 2.45) is 11.8 Å². The second kappa shape index (κ2) is 30.7. The number of hydrogen-bond donors (Lipinski definition) is 1. The van der Waals surface area contributed by atoms with Gasteiger partial charge in [-0.25, -0.2) is 24.2 Å². The summed E-state index contributed by atoms with van der Waals surface area (Å²) >= 11 is 2.83. The molecule has 0 saturated carbocycles. The van der Waals surface area contributed by atoms with Gasteiger partial charge >= 0.3 is 24.2 Å². The molecule has 6 fully saturated rings. The molecule has 20 nitrogen and oxygen atoms in total. The van der Waals surface area contributed by atoms with E-state index in [4.69, 9.17) is 13.7 Å². The number of urea groups is 2. The maximum atomic E-state index is 12.8. The molecule has 21 heteroatoms. The van der Waals surface area contributed by atoms with E-state index in [1.54, 1.807) is 9.80 Å². The van der Waals surface area contributed by atoms with Crippen LogP contribution in [-0.2, 0) is 41.6 Å². The average Bonchev–Trinajstić information content (AvgIpc) is 3.72. The van der Waals surface area contributed by atoms with Crippen molar-refractivity contribution >= 4 is 48.3 Å². The Morgan fingerprint density at radius 2 is 0.945 bits per heavy atom. The number of rotatable bonds is 20. The van der Waals surface area contributed by atoms with Gasteiger partial charge in [0.05, 0.1) is 50.3 Å². The Kier molecular flexibility index (Phi) is 26.7. The molecule has 0 aromatic heterocycles. The van der Waals surface area contributed by atoms with Gasteiger partial charge in [-0.3, -0.25) is 19.8 Å². The van der Waals surface area contributed by atoms with Crippen molar-refractivity contribution in [1.82, 2.24) is 29.7 Å². The van der Waals surface area contributed by atoms with Crippen LogP contribution in [0, 0.1) is 11.8 Å². The van der Waals surface area contributed by atoms with Crippen molar-refractivity contribution in [2.75, 3.05) is 65.4 Å². The summed E-state index contributed by atoms with van der Waals surface area (Å²) in [7, 11) is 0. The van der Waals surface area contributed by atoms with Crippen LogP contribution in [0.2, 0.25) is 0 Å². The molecule has 6 rings (SSSR count). The molecule has 0 spiro atoms. The number of nitrogens with zero attached hydrogens (tertiary/aromatic N) is 7. The molecule has 420 valence electrons. The van der Waals surface area contributed by atoms with Crippen molar-refractivity contribution < 1.29 is 67.4 Å². The summed E-state index contributed by atoms with van der Waals surface area (Å²) in [6, 6.07) is -2.30. The van der Waals surface area contributed by atoms with E-state index in [2.05, 4.69) is 50.3 Å². The molecular formula is C52H93N7O13S. The molecule has 6 aliphatic rings. The van der Waals surface area contributed by atoms with Crippen molar-refractivity contribution in [1.29, 1.82) is 0 Å². The average molecular weight is 1060 g/mol. The Bertz CT molecular complexity index is 1700. The van der Waals surface area contributed by atoms with Crippen LogP contribution in [-0.4, -0.2) is 180 Å². The van der Waals surface area contributed by atoms with E-state index in [9.17, 15) is 39.2 Å². The highest BCUT2D eigenvalue weighted by atomic mass is 32.1. The first-order chi connectivity index (χ1) is 34.6. The number of Topliss-reactive ketones (excluding diaryl/α,β-unsaturated/α-hetero) is 2. The lowest BCUT2D eigenvalue weighted by molar-refractivity contribution is -0.929. The lowest BCUT2D eigenvalue weighted by Crippen LogP contribution is -2.50. The van der Waals surface area contributed by atoms with Crippen LogP contribution < -0.4 is 5.26 Å². The minimum absolute atomic E-state index is 0.0207. The normalized spacial score (nSPS) is 22.5. The standard InChI is InChI=1S/C18H29N3O7.C18H29N3O5.C16H36N.OS/c1-18(2,3)26-17(24)19-8-6-12(7-9-19)10-15(22)14-5-4-13-11-20(14)16(23)21(13)27-28-25;1-18(2,3)26-17(24)19-8-6-12(7-9-19)10-15(22)14-5-4-13-11-20(14)16(23)21(13)25;1-5-9-13-17(14-10-6-2,15-11-7-3)16-12-8-4;1-2/h12-14,25H,4-11H2,1-3H3;12-14,25H,4-11H2,1-3H3;5-16H2,1-4H3;/q;;+1;/p-1/t2*13-,14+;;/m11../s1. The molecule has 0 unspecified atom stereocenters. The molecule has 6 heterocycles. The zero-order valence-corrected chi connectivity index (χ0v) is 47.0. The number of quaternary nitrogens is 1. The topological polar surface area (TPSA) is 219 Å². The maximum absolute atomic E-state index is 12.8. The molecule has 4 bridgehead atoms. The molecule has 73 heavy (non-hydrogen) atoms. The molecule has 6 amide bonds. The van der Waals surface area contributed by atoms with Gasteiger partial charge in [0.2, 0.25) is 0 Å². The summed E-state index contributed by atoms with van der Waals surface area (Å²) in [6.45, 7) is 29.1. The second-order valence-electron chi connectivity index (χ2n) is 23.0. The lowest BCUT2D eigenvalue weighted by atomic mass is 9.87. The number of ether oxygens (including phenoxy) is 2. The number of unbranched alkanes of at least 4 members (excludes halogenated alkanes) is 4. The maximum Gasteiger partial charge on any atom is 0.410 e. The van der Waals surface area contributed by atoms with Crippen LogP contribution in [0.25, 0.3) is 0 Å². The Morgan fingerprint density at radius 1 is 0.589 bits per heavy atom. The van der Waals surface area contributed by atoms with Gasteiger partial charge in [0.25, 0.3) is 0 Å². The number of likely N-dealkylation sites (tertiary alicyclic amines) is 2. The number of piperidine rings is 4. The molecule has 0 aromatic rings. The van der Waals surface area contributed by atoms with Crippen molar-refractivity contribution in [3.63, 3.8) is 0 Å². The largest absolute Gasteiger partial charge is 0.690 e. The highest BCUT2D eigenvalue weighted by Gasteiger charge is 2.49. The third-order valence-corrected chi connectivity index (χ3v) is 15.0. The van der Waals surface area contributed by atoms with E-state index in [1.807, 2.05) is 41.5 Å². The highest BCUT2D eigenvalue weighted by Crippen LogP contribution is 2.34. The van der Waals surface area contributed by atoms with Gasteiger partial charge in [-0.2, -0.15) is 9.27 Å². The first-order valence-electron chi connectivity index (χ1n) is 27.5. The van der Waals surface area contributed by atoms with Gasteiger partial charge in [-0.1, -0.05) is 53.4 Å². The van der Waals surface area contributed by atoms with E-state index in [1.165, 1.54) is 91.8 Å². The van der Waals surface area contributed by atoms with Crippen molar-refractivity contribution in [2.45, 2.75) is 220 Å². The molecule has 6 saturated heterocycles. The fraction of sp³-hybridized carbons (Fsp3) is 0.885. The molecule has 6 aliphatic heterocycles. The summed E-state index contributed by atoms with van der Waals surface area (Å²) in [5.74, 6) is 0.496. The molecule has 0 aliphatic carbocycles. The zero-order valence-electron chi connectivity index (χ0n) is 46.1. The lowest BCUT2D eigenvalue weighted by Gasteiger charge is -2.39. The Labute approximate surface area is 441 Å². The fourth-order valence-electron chi connectivity index (χ4n) is 10.9. The van der Waals surface area contributed by atoms with Crippen LogP contribution in [0.4, 0.5) is 19.2 Å². The number of hydroxylamine groups is 4. The summed E-state index contributed by atoms with van der Waals surface area (Å²) in [5, 5.41) is 25.0. The Balaban J connectivity index is 0.000000293. The molecule has 4 atom stereocenters. The third-order valence-electron chi connectivity index (χ3n) is 15.0. The molecule has 0 aromatic carbocycles. The zero-order chi connectivity index (χ0) is 54.5. The smallest absolute Gasteiger partial charge is 0.410 e. The number of hydrogen-bond acceptors (Lipinski definition) is 14. The van der Waals surface area contributed by atoms with E-state index in [0.29, 0.717) is 77.8 Å². The summed E-state index contributed by atoms with van der Waals surface area (Å²) in [6.07, 6.45) is 16.6. The summed E-state index contributed by atoms with van der Waals surface area (Å²) in [5.41, 5.74) is -1.04. The second-order valence-corrected chi connectivity index (χ2v) is 23.0. The molecule has 1 N–H and O–H groups in total. The van der Waals surface area contributed by atoms with Gasteiger partial charge in [0.15, 0.2) is 24.1 Å². The van der Waals surface area contributed by atoms with E-state index < -0.39 is 35.3 Å². The number of ketones is 2. The molecular weight excluding hydrogens is 963 g/mol. The van der Waals surface area contributed by atoms with Crippen LogP contribution in [0.3, 0.4) is 0 Å². The number of fused-ring (bicyclic) bond motifs is 4. The number of carbonyl (C=O) groups is 6. The van der Waals surface area contributed by atoms with Crippen molar-refractivity contribution in [3.8, 4) is 0 Å². The van der Waals surface area contributed by atoms with Gasteiger partial charge in [-0.05, 0) is 130 Å². The summed E-state index contributed by atoms with van der Waals surface area (Å²) in [4.78, 5) is 84.9. The third kappa shape index (κ3) is 19.7. The van der Waals surface area contributed by atoms with Crippen LogP contribution in [0.1, 0.15) is 185 Å². The van der Waals surface area contributed by atoms with Gasteiger partial charge in [0.1, 0.15) is 11.2 Å². The van der Waals surface area contributed by atoms with E-state index in [0.717, 1.165) is 35.8 Å². The SMILES string of the molecule is CC(C)(C)OC(=O)N1CCC(CC(=O)[C@@H]2CC[C@@H]3CN2C(=O)N3O)CC1.CC(C)(C)OC(=O)N1CCC(CC(=O)[C@@H]2CC[C@@H]3CN2C(=O)N3OO[O-])CC1.CCCC[N+](CCCC)(CCCC)CCCC.O=S. The Morgan fingerprint density at radius 3 is 1.30 bits per heavy atom. The first kappa shape index (κ1) is 63.5. The minimum Gasteiger partial charge on any atom is -0.690 e. The van der Waals surface area contributed by atoms with Gasteiger partial charge in [-0.15, -0.1) is 4.99 Å².